The molecule has 3 aromatic carbocycles. The lowest BCUT2D eigenvalue weighted by Gasteiger charge is -2.29. The first-order valence-electron chi connectivity index (χ1n) is 9.58. The molecule has 1 atom stereocenters. The van der Waals surface area contributed by atoms with Crippen molar-refractivity contribution in [3.8, 4) is 5.75 Å². The first-order valence-corrected chi connectivity index (χ1v) is 9.58. The molecule has 0 aliphatic carbocycles. The van der Waals surface area contributed by atoms with Gasteiger partial charge in [-0.05, 0) is 35.9 Å². The molecular formula is C23H20FN3O4. The number of hydrogen-bond donors (Lipinski definition) is 3. The molecule has 8 heteroatoms. The van der Waals surface area contributed by atoms with E-state index in [-0.39, 0.29) is 23.9 Å². The van der Waals surface area contributed by atoms with Gasteiger partial charge in [-0.1, -0.05) is 30.3 Å². The Morgan fingerprint density at radius 1 is 1.13 bits per heavy atom. The maximum absolute atomic E-state index is 14.1. The van der Waals surface area contributed by atoms with E-state index in [1.165, 1.54) is 11.0 Å². The number of carbonyl (C=O) groups excluding carboxylic acids is 1. The second kappa shape index (κ2) is 8.35. The summed E-state index contributed by atoms with van der Waals surface area (Å²) in [7, 11) is 1.59. The quantitative estimate of drug-likeness (QED) is 0.555. The molecule has 1 aliphatic heterocycles. The molecule has 0 radical (unpaired) electrons. The van der Waals surface area contributed by atoms with Crippen LogP contribution in [0.4, 0.5) is 21.5 Å². The van der Waals surface area contributed by atoms with Gasteiger partial charge in [-0.15, -0.1) is 0 Å². The smallest absolute Gasteiger partial charge is 0.330 e. The molecule has 3 aromatic rings. The van der Waals surface area contributed by atoms with E-state index in [0.717, 1.165) is 6.07 Å². The summed E-state index contributed by atoms with van der Waals surface area (Å²) in [5.41, 5.74) is 2.14. The summed E-state index contributed by atoms with van der Waals surface area (Å²) in [5, 5.41) is 15.3. The van der Waals surface area contributed by atoms with Crippen LogP contribution in [0, 0.1) is 5.82 Å². The summed E-state index contributed by atoms with van der Waals surface area (Å²) in [6.45, 7) is -0.0187. The highest BCUT2D eigenvalue weighted by atomic mass is 19.1. The predicted molar refractivity (Wildman–Crippen MR) is 115 cm³/mol. The zero-order valence-corrected chi connectivity index (χ0v) is 16.6. The average molecular weight is 421 g/mol. The predicted octanol–water partition coefficient (Wildman–Crippen LogP) is 4.10. The number of nitrogens with one attached hydrogen (secondary N) is 2. The van der Waals surface area contributed by atoms with Crippen LogP contribution in [-0.2, 0) is 4.79 Å². The monoisotopic (exact) mass is 421 g/mol. The molecule has 0 spiro atoms. The molecule has 1 aliphatic rings. The molecule has 3 N–H and O–H groups in total. The van der Waals surface area contributed by atoms with Gasteiger partial charge in [0.1, 0.15) is 11.6 Å². The third kappa shape index (κ3) is 4.00. The minimum atomic E-state index is -1.01. The Morgan fingerprint density at radius 3 is 2.48 bits per heavy atom. The number of ether oxygens (including phenoxy) is 1. The lowest BCUT2D eigenvalue weighted by molar-refractivity contribution is -0.138. The second-order valence-electron chi connectivity index (χ2n) is 6.96. The van der Waals surface area contributed by atoms with Gasteiger partial charge < -0.3 is 20.5 Å². The van der Waals surface area contributed by atoms with Gasteiger partial charge in [-0.25, -0.2) is 9.18 Å². The van der Waals surface area contributed by atoms with Crippen molar-refractivity contribution in [3.63, 3.8) is 0 Å². The molecule has 0 fully saturated rings. The van der Waals surface area contributed by atoms with Crippen LogP contribution in [-0.4, -0.2) is 30.8 Å². The van der Waals surface area contributed by atoms with Crippen molar-refractivity contribution in [3.05, 3.63) is 83.7 Å². The first kappa shape index (κ1) is 20.2. The van der Waals surface area contributed by atoms with Crippen molar-refractivity contribution in [2.75, 3.05) is 29.3 Å². The zero-order valence-electron chi connectivity index (χ0n) is 16.6. The van der Waals surface area contributed by atoms with Gasteiger partial charge in [0.15, 0.2) is 12.8 Å². The topological polar surface area (TPSA) is 90.9 Å². The lowest BCUT2D eigenvalue weighted by Crippen LogP contribution is -2.38. The van der Waals surface area contributed by atoms with Gasteiger partial charge in [-0.3, -0.25) is 9.69 Å². The van der Waals surface area contributed by atoms with E-state index >= 15 is 0 Å². The fraction of sp³-hybridized carbons (Fsp3) is 0.130. The van der Waals surface area contributed by atoms with E-state index in [2.05, 4.69) is 10.6 Å². The highest BCUT2D eigenvalue weighted by Gasteiger charge is 2.28. The van der Waals surface area contributed by atoms with E-state index in [0.29, 0.717) is 22.7 Å². The summed E-state index contributed by atoms with van der Waals surface area (Å²) in [4.78, 5) is 25.9. The lowest BCUT2D eigenvalue weighted by atomic mass is 10.1. The van der Waals surface area contributed by atoms with Crippen LogP contribution in [0.3, 0.4) is 0 Å². The largest absolute Gasteiger partial charge is 0.479 e. The number of carbonyl (C=O) groups is 2. The molecule has 7 nitrogen and oxygen atoms in total. The first-order chi connectivity index (χ1) is 15.0. The number of hydrogen-bond acceptors (Lipinski definition) is 5. The molecule has 0 saturated carbocycles. The Balaban J connectivity index is 1.54. The molecule has 1 amide bonds. The Hall–Kier alpha value is -4.07. The maximum Gasteiger partial charge on any atom is 0.330 e. The fourth-order valence-electron chi connectivity index (χ4n) is 3.40. The van der Waals surface area contributed by atoms with Gasteiger partial charge >= 0.3 is 5.97 Å². The number of nitrogens with zero attached hydrogens (tertiary/aromatic N) is 1. The Labute approximate surface area is 178 Å². The molecule has 158 valence electrons. The van der Waals surface area contributed by atoms with Gasteiger partial charge in [0.2, 0.25) is 0 Å². The zero-order chi connectivity index (χ0) is 22.0. The number of fused-ring (bicyclic) bond motifs is 1. The standard InChI is InChI=1S/C23H20FN3O4/c1-25-19-12-20-17(11-18(19)24)22(28)27(13-31-20)16-9-7-15(8-10-16)26-21(23(29)30)14-5-3-2-4-6-14/h2-12,21,25-26H,13H2,1H3,(H,29,30)/t21-/m0/s1. The fourth-order valence-corrected chi connectivity index (χ4v) is 3.40. The number of anilines is 3. The number of benzene rings is 3. The number of carboxylic acids is 1. The number of halogens is 1. The van der Waals surface area contributed by atoms with Gasteiger partial charge in [-0.2, -0.15) is 0 Å². The van der Waals surface area contributed by atoms with Crippen LogP contribution in [0.2, 0.25) is 0 Å². The third-order valence-corrected chi connectivity index (χ3v) is 5.03. The highest BCUT2D eigenvalue weighted by Crippen LogP contribution is 2.33. The van der Waals surface area contributed by atoms with Crippen molar-refractivity contribution in [1.29, 1.82) is 0 Å². The molecule has 0 bridgehead atoms. The van der Waals surface area contributed by atoms with Gasteiger partial charge in [0, 0.05) is 24.5 Å². The second-order valence-corrected chi connectivity index (χ2v) is 6.96. The van der Waals surface area contributed by atoms with Crippen molar-refractivity contribution in [2.45, 2.75) is 6.04 Å². The van der Waals surface area contributed by atoms with Crippen molar-refractivity contribution < 1.29 is 23.8 Å². The molecular weight excluding hydrogens is 401 g/mol. The van der Waals surface area contributed by atoms with Crippen molar-refractivity contribution in [1.82, 2.24) is 0 Å². The molecule has 1 heterocycles. The van der Waals surface area contributed by atoms with Crippen molar-refractivity contribution >= 4 is 28.9 Å². The Bertz CT molecular complexity index is 1120. The van der Waals surface area contributed by atoms with Crippen LogP contribution >= 0.6 is 0 Å². The number of carboxylic acid groups (broad SMARTS) is 1. The van der Waals surface area contributed by atoms with Gasteiger partial charge in [0.25, 0.3) is 5.91 Å². The van der Waals surface area contributed by atoms with E-state index in [1.807, 2.05) is 6.07 Å². The minimum absolute atomic E-state index is 0.0187. The summed E-state index contributed by atoms with van der Waals surface area (Å²) < 4.78 is 19.8. The van der Waals surface area contributed by atoms with E-state index in [1.54, 1.807) is 55.6 Å². The summed E-state index contributed by atoms with van der Waals surface area (Å²) in [5.74, 6) is -1.61. The van der Waals surface area contributed by atoms with Crippen molar-refractivity contribution in [2.24, 2.45) is 0 Å². The highest BCUT2D eigenvalue weighted by molar-refractivity contribution is 6.09. The normalized spacial score (nSPS) is 13.7. The Morgan fingerprint density at radius 2 is 1.84 bits per heavy atom. The van der Waals surface area contributed by atoms with Crippen LogP contribution in [0.5, 0.6) is 5.75 Å². The minimum Gasteiger partial charge on any atom is -0.479 e. The van der Waals surface area contributed by atoms with Gasteiger partial charge in [0.05, 0.1) is 11.3 Å². The Kier molecular flexibility index (Phi) is 5.44. The molecule has 31 heavy (non-hydrogen) atoms. The SMILES string of the molecule is CNc1cc2c(cc1F)C(=O)N(c1ccc(N[C@H](C(=O)O)c3ccccc3)cc1)CO2. The summed E-state index contributed by atoms with van der Waals surface area (Å²) in [6, 6.07) is 17.3. The molecule has 0 unspecified atom stereocenters. The van der Waals surface area contributed by atoms with E-state index < -0.39 is 17.8 Å². The molecule has 0 saturated heterocycles. The molecule has 4 rings (SSSR count). The van der Waals surface area contributed by atoms with Crippen LogP contribution in [0.15, 0.2) is 66.7 Å². The van der Waals surface area contributed by atoms with Crippen LogP contribution < -0.4 is 20.3 Å². The maximum atomic E-state index is 14.1. The van der Waals surface area contributed by atoms with Crippen LogP contribution in [0.1, 0.15) is 22.0 Å². The van der Waals surface area contributed by atoms with E-state index in [4.69, 9.17) is 4.74 Å². The third-order valence-electron chi connectivity index (χ3n) is 5.03. The number of rotatable bonds is 6. The summed E-state index contributed by atoms with van der Waals surface area (Å²) >= 11 is 0. The number of aliphatic carboxylic acids is 1. The summed E-state index contributed by atoms with van der Waals surface area (Å²) in [6.07, 6.45) is 0. The van der Waals surface area contributed by atoms with Crippen LogP contribution in [0.25, 0.3) is 0 Å². The molecule has 0 aromatic heterocycles. The van der Waals surface area contributed by atoms with E-state index in [9.17, 15) is 19.1 Å². The number of amides is 1. The average Bonchev–Trinajstić information content (AvgIpc) is 2.79.